The summed E-state index contributed by atoms with van der Waals surface area (Å²) >= 11 is 0. The Hall–Kier alpha value is -2.64. The van der Waals surface area contributed by atoms with Gasteiger partial charge in [-0.1, -0.05) is 12.1 Å². The molecule has 7 heteroatoms. The highest BCUT2D eigenvalue weighted by Crippen LogP contribution is 2.32. The summed E-state index contributed by atoms with van der Waals surface area (Å²) in [5.41, 5.74) is 1.51. The number of likely N-dealkylation sites (tertiary alicyclic amines) is 1. The summed E-state index contributed by atoms with van der Waals surface area (Å²) in [6.07, 6.45) is 3.62. The molecule has 26 heavy (non-hydrogen) atoms. The monoisotopic (exact) mass is 351 g/mol. The fourth-order valence-electron chi connectivity index (χ4n) is 3.69. The third-order valence-corrected chi connectivity index (χ3v) is 4.87. The summed E-state index contributed by atoms with van der Waals surface area (Å²) in [5, 5.41) is 18.2. The maximum absolute atomic E-state index is 12.9. The van der Waals surface area contributed by atoms with Crippen molar-refractivity contribution >= 4 is 10.9 Å². The summed E-state index contributed by atoms with van der Waals surface area (Å²) in [6.45, 7) is 1.74. The van der Waals surface area contributed by atoms with Crippen molar-refractivity contribution in [1.82, 2.24) is 24.6 Å². The van der Waals surface area contributed by atoms with Crippen LogP contribution in [0.15, 0.2) is 47.4 Å². The van der Waals surface area contributed by atoms with Crippen molar-refractivity contribution in [3.63, 3.8) is 0 Å². The van der Waals surface area contributed by atoms with Gasteiger partial charge in [-0.2, -0.15) is 10.2 Å². The van der Waals surface area contributed by atoms with Crippen molar-refractivity contribution in [2.45, 2.75) is 32.0 Å². The normalized spacial score (nSPS) is 17.8. The molecule has 1 atom stereocenters. The van der Waals surface area contributed by atoms with E-state index in [4.69, 9.17) is 4.98 Å². The molecule has 1 aliphatic heterocycles. The van der Waals surface area contributed by atoms with Gasteiger partial charge in [0.15, 0.2) is 0 Å². The second-order valence-corrected chi connectivity index (χ2v) is 6.51. The van der Waals surface area contributed by atoms with E-state index in [-0.39, 0.29) is 24.8 Å². The smallest absolute Gasteiger partial charge is 0.261 e. The predicted molar refractivity (Wildman–Crippen MR) is 97.5 cm³/mol. The van der Waals surface area contributed by atoms with Crippen LogP contribution in [0.4, 0.5) is 0 Å². The van der Waals surface area contributed by atoms with Crippen LogP contribution in [0.3, 0.4) is 0 Å². The molecule has 0 spiro atoms. The zero-order chi connectivity index (χ0) is 17.9. The standard InChI is InChI=1S/C19H21N5O2/c25-12-11-24-18(21-16-7-2-1-6-15(16)19(24)26)17-8-4-10-23(17)13-14-5-3-9-20-22-14/h1-3,5-7,9,17,25H,4,8,10-13H2. The molecular formula is C19H21N5O2. The van der Waals surface area contributed by atoms with Gasteiger partial charge in [0.05, 0.1) is 35.8 Å². The average molecular weight is 351 g/mol. The van der Waals surface area contributed by atoms with Gasteiger partial charge in [-0.3, -0.25) is 14.3 Å². The van der Waals surface area contributed by atoms with Crippen LogP contribution in [0.5, 0.6) is 0 Å². The maximum Gasteiger partial charge on any atom is 0.261 e. The van der Waals surface area contributed by atoms with Crippen LogP contribution in [0, 0.1) is 0 Å². The molecule has 1 N–H and O–H groups in total. The van der Waals surface area contributed by atoms with Crippen LogP contribution in [0.1, 0.15) is 30.4 Å². The van der Waals surface area contributed by atoms with E-state index in [2.05, 4.69) is 15.1 Å². The molecule has 0 radical (unpaired) electrons. The highest BCUT2D eigenvalue weighted by Gasteiger charge is 2.30. The number of aromatic nitrogens is 4. The highest BCUT2D eigenvalue weighted by atomic mass is 16.3. The Labute approximate surface area is 150 Å². The van der Waals surface area contributed by atoms with Crippen LogP contribution in [0.25, 0.3) is 10.9 Å². The molecule has 7 nitrogen and oxygen atoms in total. The number of nitrogens with zero attached hydrogens (tertiary/aromatic N) is 5. The first-order valence-corrected chi connectivity index (χ1v) is 8.89. The maximum atomic E-state index is 12.9. The van der Waals surface area contributed by atoms with Crippen LogP contribution in [-0.4, -0.2) is 42.9 Å². The lowest BCUT2D eigenvalue weighted by Gasteiger charge is -2.26. The van der Waals surface area contributed by atoms with Gasteiger partial charge in [-0.05, 0) is 43.7 Å². The Morgan fingerprint density at radius 3 is 2.88 bits per heavy atom. The number of para-hydroxylation sites is 1. The minimum atomic E-state index is -0.0934. The number of fused-ring (bicyclic) bond motifs is 1. The number of rotatable bonds is 5. The van der Waals surface area contributed by atoms with Gasteiger partial charge in [0.1, 0.15) is 5.82 Å². The van der Waals surface area contributed by atoms with Gasteiger partial charge >= 0.3 is 0 Å². The van der Waals surface area contributed by atoms with Crippen molar-refractivity contribution in [3.8, 4) is 0 Å². The van der Waals surface area contributed by atoms with Crippen LogP contribution in [0.2, 0.25) is 0 Å². The van der Waals surface area contributed by atoms with Crippen LogP contribution in [-0.2, 0) is 13.1 Å². The fourth-order valence-corrected chi connectivity index (χ4v) is 3.69. The molecule has 134 valence electrons. The fraction of sp³-hybridized carbons (Fsp3) is 0.368. The van der Waals surface area contributed by atoms with E-state index in [0.29, 0.717) is 17.4 Å². The highest BCUT2D eigenvalue weighted by molar-refractivity contribution is 5.77. The average Bonchev–Trinajstić information content (AvgIpc) is 3.13. The van der Waals surface area contributed by atoms with Crippen molar-refractivity contribution in [2.24, 2.45) is 0 Å². The predicted octanol–water partition coefficient (Wildman–Crippen LogP) is 1.52. The number of benzene rings is 1. The molecule has 0 saturated carbocycles. The Balaban J connectivity index is 1.76. The van der Waals surface area contributed by atoms with E-state index >= 15 is 0 Å². The Morgan fingerprint density at radius 1 is 1.19 bits per heavy atom. The van der Waals surface area contributed by atoms with Crippen LogP contribution < -0.4 is 5.56 Å². The lowest BCUT2D eigenvalue weighted by molar-refractivity contribution is 0.220. The topological polar surface area (TPSA) is 84.1 Å². The Bertz CT molecular complexity index is 957. The molecular weight excluding hydrogens is 330 g/mol. The molecule has 1 unspecified atom stereocenters. The SMILES string of the molecule is O=c1c2ccccc2nc(C2CCCN2Cc2cccnn2)n1CCO. The molecule has 0 aliphatic carbocycles. The quantitative estimate of drug-likeness (QED) is 0.750. The summed E-state index contributed by atoms with van der Waals surface area (Å²) in [4.78, 5) is 20.0. The van der Waals surface area contributed by atoms with Crippen molar-refractivity contribution in [3.05, 3.63) is 64.5 Å². The van der Waals surface area contributed by atoms with E-state index < -0.39 is 0 Å². The van der Waals surface area contributed by atoms with Gasteiger partial charge in [-0.15, -0.1) is 0 Å². The second kappa shape index (κ2) is 7.31. The van der Waals surface area contributed by atoms with Gasteiger partial charge < -0.3 is 5.11 Å². The summed E-state index contributed by atoms with van der Waals surface area (Å²) in [6, 6.07) is 11.2. The summed E-state index contributed by atoms with van der Waals surface area (Å²) < 4.78 is 1.63. The first-order chi connectivity index (χ1) is 12.8. The van der Waals surface area contributed by atoms with E-state index in [0.717, 1.165) is 30.9 Å². The zero-order valence-corrected chi connectivity index (χ0v) is 14.5. The largest absolute Gasteiger partial charge is 0.395 e. The molecule has 1 aromatic carbocycles. The second-order valence-electron chi connectivity index (χ2n) is 6.51. The van der Waals surface area contributed by atoms with Crippen molar-refractivity contribution in [2.75, 3.05) is 13.2 Å². The van der Waals surface area contributed by atoms with E-state index in [1.165, 1.54) is 0 Å². The number of aliphatic hydroxyl groups is 1. The molecule has 1 saturated heterocycles. The van der Waals surface area contributed by atoms with E-state index in [1.54, 1.807) is 16.8 Å². The molecule has 2 aromatic heterocycles. The van der Waals surface area contributed by atoms with Gasteiger partial charge in [-0.25, -0.2) is 4.98 Å². The van der Waals surface area contributed by atoms with E-state index in [1.807, 2.05) is 30.3 Å². The summed E-state index contributed by atoms with van der Waals surface area (Å²) in [5.74, 6) is 0.726. The number of aliphatic hydroxyl groups excluding tert-OH is 1. The molecule has 1 aliphatic rings. The lowest BCUT2D eigenvalue weighted by Crippen LogP contribution is -2.33. The number of hydrogen-bond acceptors (Lipinski definition) is 6. The molecule has 0 bridgehead atoms. The van der Waals surface area contributed by atoms with Gasteiger partial charge in [0, 0.05) is 12.7 Å². The first-order valence-electron chi connectivity index (χ1n) is 8.89. The minimum Gasteiger partial charge on any atom is -0.395 e. The summed E-state index contributed by atoms with van der Waals surface area (Å²) in [7, 11) is 0. The molecule has 3 heterocycles. The molecule has 4 rings (SSSR count). The molecule has 0 amide bonds. The third kappa shape index (κ3) is 3.11. The molecule has 3 aromatic rings. The third-order valence-electron chi connectivity index (χ3n) is 4.87. The molecule has 1 fully saturated rings. The van der Waals surface area contributed by atoms with Crippen molar-refractivity contribution < 1.29 is 5.11 Å². The van der Waals surface area contributed by atoms with Crippen molar-refractivity contribution in [1.29, 1.82) is 0 Å². The van der Waals surface area contributed by atoms with E-state index in [9.17, 15) is 9.90 Å². The van der Waals surface area contributed by atoms with Gasteiger partial charge in [0.25, 0.3) is 5.56 Å². The number of hydrogen-bond donors (Lipinski definition) is 1. The minimum absolute atomic E-state index is 0.0286. The lowest BCUT2D eigenvalue weighted by atomic mass is 10.1. The Kier molecular flexibility index (Phi) is 4.73. The zero-order valence-electron chi connectivity index (χ0n) is 14.5. The first kappa shape index (κ1) is 16.8. The Morgan fingerprint density at radius 2 is 2.08 bits per heavy atom. The van der Waals surface area contributed by atoms with Gasteiger partial charge in [0.2, 0.25) is 0 Å². The van der Waals surface area contributed by atoms with Crippen LogP contribution >= 0.6 is 0 Å².